The molecule has 41 heavy (non-hydrogen) atoms. The molecule has 0 radical (unpaired) electrons. The third-order valence-corrected chi connectivity index (χ3v) is 8.03. The molecule has 3 aliphatic rings. The van der Waals surface area contributed by atoms with Crippen LogP contribution in [0.1, 0.15) is 57.7 Å². The lowest BCUT2D eigenvalue weighted by Crippen LogP contribution is -2.44. The van der Waals surface area contributed by atoms with Gasteiger partial charge in [0.25, 0.3) is 0 Å². The number of carbonyl (C=O) groups excluding carboxylic acids is 4. The SMILES string of the molecule is CCCCOC(=O)c1ccc(N2C(=O)[C@@H]3[C@H](C2=O)[C@H]2c4ccccc4C=NN2[C@@H]3C(=O)c2ccc(OC)cc2)cc1. The van der Waals surface area contributed by atoms with E-state index in [2.05, 4.69) is 5.10 Å². The molecule has 3 aromatic rings. The maximum absolute atomic E-state index is 14.1. The summed E-state index contributed by atoms with van der Waals surface area (Å²) in [5.74, 6) is -2.77. The molecule has 208 valence electrons. The third-order valence-electron chi connectivity index (χ3n) is 8.03. The van der Waals surface area contributed by atoms with E-state index in [0.29, 0.717) is 29.2 Å². The quantitative estimate of drug-likeness (QED) is 0.177. The first-order chi connectivity index (χ1) is 19.9. The van der Waals surface area contributed by atoms with Gasteiger partial charge in [0.15, 0.2) is 5.78 Å². The number of methoxy groups -OCH3 is 1. The number of amides is 2. The first-order valence-electron chi connectivity index (χ1n) is 13.7. The van der Waals surface area contributed by atoms with Crippen LogP contribution in [0.25, 0.3) is 0 Å². The van der Waals surface area contributed by atoms with Crippen molar-refractivity contribution in [2.75, 3.05) is 18.6 Å². The number of ketones is 1. The van der Waals surface area contributed by atoms with Crippen molar-refractivity contribution in [2.45, 2.75) is 31.8 Å². The number of anilines is 1. The number of imide groups is 1. The Balaban J connectivity index is 1.36. The maximum Gasteiger partial charge on any atom is 0.338 e. The van der Waals surface area contributed by atoms with Gasteiger partial charge in [0.05, 0.1) is 49.1 Å². The van der Waals surface area contributed by atoms with Crippen molar-refractivity contribution < 1.29 is 28.7 Å². The standard InChI is InChI=1S/C32H29N3O6/c1-3-4-17-41-32(39)20-9-13-22(14-10-20)34-30(37)25-26(31(34)38)28(29(36)19-11-15-23(40-2)16-12-19)35-27(25)24-8-6-5-7-21(24)18-33-35/h5-16,18,25-28H,3-4,17H2,1-2H3/t25-,26+,27+,28-/m0/s1. The number of unbranched alkanes of at least 4 members (excludes halogenated alkanes) is 1. The number of carbonyl (C=O) groups is 4. The summed E-state index contributed by atoms with van der Waals surface area (Å²) in [6.45, 7) is 2.34. The van der Waals surface area contributed by atoms with Crippen molar-refractivity contribution in [3.63, 3.8) is 0 Å². The number of ether oxygens (including phenoxy) is 2. The van der Waals surface area contributed by atoms with E-state index >= 15 is 0 Å². The summed E-state index contributed by atoms with van der Waals surface area (Å²) in [5, 5.41) is 6.23. The Morgan fingerprint density at radius 1 is 0.878 bits per heavy atom. The number of rotatable bonds is 8. The van der Waals surface area contributed by atoms with Gasteiger partial charge in [-0.3, -0.25) is 19.4 Å². The van der Waals surface area contributed by atoms with E-state index < -0.39 is 41.7 Å². The Hall–Kier alpha value is -4.79. The number of Topliss-reactive ketones (excluding diaryl/α,β-unsaturated/α-hetero) is 1. The van der Waals surface area contributed by atoms with Gasteiger partial charge in [-0.05, 0) is 66.1 Å². The highest BCUT2D eigenvalue weighted by Gasteiger charge is 2.65. The molecule has 9 nitrogen and oxygen atoms in total. The molecule has 4 atom stereocenters. The van der Waals surface area contributed by atoms with E-state index in [1.54, 1.807) is 66.9 Å². The predicted octanol–water partition coefficient (Wildman–Crippen LogP) is 4.41. The number of nitrogens with zero attached hydrogens (tertiary/aromatic N) is 3. The summed E-state index contributed by atoms with van der Waals surface area (Å²) in [6, 6.07) is 18.9. The zero-order chi connectivity index (χ0) is 28.7. The summed E-state index contributed by atoms with van der Waals surface area (Å²) in [4.78, 5) is 55.6. The van der Waals surface area contributed by atoms with Crippen LogP contribution in [0, 0.1) is 11.8 Å². The second-order valence-electron chi connectivity index (χ2n) is 10.3. The molecule has 0 aliphatic carbocycles. The van der Waals surface area contributed by atoms with Crippen LogP contribution in [-0.4, -0.2) is 54.5 Å². The fourth-order valence-electron chi connectivity index (χ4n) is 5.99. The van der Waals surface area contributed by atoms with E-state index in [-0.39, 0.29) is 5.78 Å². The van der Waals surface area contributed by atoms with Crippen molar-refractivity contribution in [1.82, 2.24) is 5.01 Å². The minimum absolute atomic E-state index is 0.296. The number of hydrazone groups is 1. The number of fused-ring (bicyclic) bond motifs is 5. The summed E-state index contributed by atoms with van der Waals surface area (Å²) in [6.07, 6.45) is 3.35. The molecule has 0 N–H and O–H groups in total. The Kier molecular flexibility index (Phi) is 6.86. The molecule has 9 heteroatoms. The molecule has 3 heterocycles. The summed E-state index contributed by atoms with van der Waals surface area (Å²) in [7, 11) is 1.54. The van der Waals surface area contributed by atoms with E-state index in [1.165, 1.54) is 0 Å². The second-order valence-corrected chi connectivity index (χ2v) is 10.3. The van der Waals surface area contributed by atoms with E-state index in [0.717, 1.165) is 28.9 Å². The average molecular weight is 552 g/mol. The van der Waals surface area contributed by atoms with Gasteiger partial charge < -0.3 is 9.47 Å². The van der Waals surface area contributed by atoms with Crippen molar-refractivity contribution >= 4 is 35.5 Å². The van der Waals surface area contributed by atoms with Gasteiger partial charge in [-0.1, -0.05) is 37.6 Å². The normalized spacial score (nSPS) is 22.3. The van der Waals surface area contributed by atoms with Crippen LogP contribution in [0.15, 0.2) is 77.9 Å². The molecular weight excluding hydrogens is 522 g/mol. The number of hydrogen-bond acceptors (Lipinski definition) is 8. The largest absolute Gasteiger partial charge is 0.497 e. The first-order valence-corrected chi connectivity index (χ1v) is 13.7. The topological polar surface area (TPSA) is 106 Å². The first kappa shape index (κ1) is 26.4. The van der Waals surface area contributed by atoms with Crippen LogP contribution in [0.4, 0.5) is 5.69 Å². The summed E-state index contributed by atoms with van der Waals surface area (Å²) < 4.78 is 10.5. The van der Waals surface area contributed by atoms with Gasteiger partial charge in [-0.15, -0.1) is 0 Å². The fraction of sp³-hybridized carbons (Fsp3) is 0.281. The van der Waals surface area contributed by atoms with Crippen LogP contribution >= 0.6 is 0 Å². The third kappa shape index (κ3) is 4.38. The highest BCUT2D eigenvalue weighted by atomic mass is 16.5. The zero-order valence-electron chi connectivity index (χ0n) is 22.7. The van der Waals surface area contributed by atoms with Crippen molar-refractivity contribution in [3.05, 3.63) is 95.1 Å². The summed E-state index contributed by atoms with van der Waals surface area (Å²) >= 11 is 0. The number of esters is 1. The van der Waals surface area contributed by atoms with Crippen LogP contribution < -0.4 is 9.64 Å². The molecule has 2 fully saturated rings. The lowest BCUT2D eigenvalue weighted by atomic mass is 9.83. The highest BCUT2D eigenvalue weighted by Crippen LogP contribution is 2.53. The molecule has 0 aromatic heterocycles. The molecule has 2 amide bonds. The predicted molar refractivity (Wildman–Crippen MR) is 151 cm³/mol. The van der Waals surface area contributed by atoms with Crippen LogP contribution in [0.2, 0.25) is 0 Å². The molecule has 0 unspecified atom stereocenters. The van der Waals surface area contributed by atoms with E-state index in [4.69, 9.17) is 9.47 Å². The molecular formula is C32H29N3O6. The van der Waals surface area contributed by atoms with Crippen molar-refractivity contribution in [2.24, 2.45) is 16.9 Å². The minimum atomic E-state index is -0.975. The molecule has 0 spiro atoms. The zero-order valence-corrected chi connectivity index (χ0v) is 22.7. The number of benzene rings is 3. The Labute approximate surface area is 237 Å². The van der Waals surface area contributed by atoms with Crippen LogP contribution in [0.5, 0.6) is 5.75 Å². The molecule has 0 saturated carbocycles. The van der Waals surface area contributed by atoms with E-state index in [1.807, 2.05) is 31.2 Å². The Bertz CT molecular complexity index is 1550. The number of hydrogen-bond donors (Lipinski definition) is 0. The smallest absolute Gasteiger partial charge is 0.338 e. The van der Waals surface area contributed by atoms with Gasteiger partial charge in [0.1, 0.15) is 11.8 Å². The lowest BCUT2D eigenvalue weighted by molar-refractivity contribution is -0.124. The molecule has 2 saturated heterocycles. The molecule has 6 rings (SSSR count). The van der Waals surface area contributed by atoms with Crippen LogP contribution in [0.3, 0.4) is 0 Å². The van der Waals surface area contributed by atoms with Gasteiger partial charge in [-0.2, -0.15) is 5.10 Å². The monoisotopic (exact) mass is 551 g/mol. The van der Waals surface area contributed by atoms with Crippen molar-refractivity contribution in [1.29, 1.82) is 0 Å². The maximum atomic E-state index is 14.1. The molecule has 0 bridgehead atoms. The van der Waals surface area contributed by atoms with Gasteiger partial charge in [-0.25, -0.2) is 9.69 Å². The molecule has 3 aliphatic heterocycles. The average Bonchev–Trinajstić information content (AvgIpc) is 3.49. The lowest BCUT2D eigenvalue weighted by Gasteiger charge is -2.33. The Morgan fingerprint density at radius 2 is 1.56 bits per heavy atom. The fourth-order valence-corrected chi connectivity index (χ4v) is 5.99. The second kappa shape index (κ2) is 10.6. The van der Waals surface area contributed by atoms with Gasteiger partial charge >= 0.3 is 5.97 Å². The van der Waals surface area contributed by atoms with E-state index in [9.17, 15) is 19.2 Å². The van der Waals surface area contributed by atoms with Crippen LogP contribution in [-0.2, 0) is 14.3 Å². The Morgan fingerprint density at radius 3 is 2.27 bits per heavy atom. The van der Waals surface area contributed by atoms with Crippen molar-refractivity contribution in [3.8, 4) is 5.75 Å². The van der Waals surface area contributed by atoms with Gasteiger partial charge in [0.2, 0.25) is 11.8 Å². The summed E-state index contributed by atoms with van der Waals surface area (Å²) in [5.41, 5.74) is 2.76. The minimum Gasteiger partial charge on any atom is -0.497 e. The highest BCUT2D eigenvalue weighted by molar-refractivity contribution is 6.24. The molecule has 3 aromatic carbocycles. The van der Waals surface area contributed by atoms with Gasteiger partial charge in [0, 0.05) is 5.56 Å².